The van der Waals surface area contributed by atoms with Crippen molar-refractivity contribution in [3.05, 3.63) is 0 Å². The van der Waals surface area contributed by atoms with E-state index in [-0.39, 0.29) is 0 Å². The summed E-state index contributed by atoms with van der Waals surface area (Å²) in [6.07, 6.45) is 8.60. The Bertz CT molecular complexity index is 242. The van der Waals surface area contributed by atoms with Crippen molar-refractivity contribution < 1.29 is 4.74 Å². The van der Waals surface area contributed by atoms with Gasteiger partial charge < -0.3 is 10.1 Å². The third kappa shape index (κ3) is 2.27. The number of nitrogens with one attached hydrogen (secondary N) is 1. The molecular formula is C13H24N2O. The van der Waals surface area contributed by atoms with Crippen LogP contribution in [0.25, 0.3) is 0 Å². The van der Waals surface area contributed by atoms with Gasteiger partial charge in [0.2, 0.25) is 0 Å². The molecule has 1 saturated heterocycles. The summed E-state index contributed by atoms with van der Waals surface area (Å²) < 4.78 is 5.60. The van der Waals surface area contributed by atoms with Crippen LogP contribution in [-0.4, -0.2) is 49.3 Å². The van der Waals surface area contributed by atoms with Crippen LogP contribution in [0.4, 0.5) is 0 Å². The molecule has 3 unspecified atom stereocenters. The molecule has 3 atom stereocenters. The highest BCUT2D eigenvalue weighted by molar-refractivity contribution is 4.94. The Hall–Kier alpha value is -0.120. The molecule has 3 aliphatic rings. The van der Waals surface area contributed by atoms with E-state index in [2.05, 4.69) is 10.2 Å². The standard InChI is InChI=1S/C13H24N2O/c1-16-13-4-2-3-12(13)15-8-7-11(9-15)14-10-5-6-10/h10-14H,2-9H2,1H3. The van der Waals surface area contributed by atoms with Crippen molar-refractivity contribution in [2.45, 2.75) is 62.8 Å². The summed E-state index contributed by atoms with van der Waals surface area (Å²) in [7, 11) is 1.87. The molecule has 16 heavy (non-hydrogen) atoms. The van der Waals surface area contributed by atoms with Gasteiger partial charge in [-0.05, 0) is 38.5 Å². The van der Waals surface area contributed by atoms with Crippen molar-refractivity contribution in [3.63, 3.8) is 0 Å². The van der Waals surface area contributed by atoms with Crippen LogP contribution in [0.3, 0.4) is 0 Å². The quantitative estimate of drug-likeness (QED) is 0.781. The molecule has 0 amide bonds. The molecule has 1 N–H and O–H groups in total. The Morgan fingerprint density at radius 3 is 2.69 bits per heavy atom. The highest BCUT2D eigenvalue weighted by Crippen LogP contribution is 2.30. The van der Waals surface area contributed by atoms with Crippen molar-refractivity contribution in [2.24, 2.45) is 0 Å². The van der Waals surface area contributed by atoms with E-state index in [1.807, 2.05) is 7.11 Å². The van der Waals surface area contributed by atoms with Gasteiger partial charge in [-0.1, -0.05) is 0 Å². The van der Waals surface area contributed by atoms with E-state index in [0.29, 0.717) is 12.1 Å². The fourth-order valence-corrected chi connectivity index (χ4v) is 3.41. The van der Waals surface area contributed by atoms with Gasteiger partial charge in [0.15, 0.2) is 0 Å². The second kappa shape index (κ2) is 4.63. The SMILES string of the molecule is COC1CCCC1N1CCC(NC2CC2)C1. The third-order valence-corrected chi connectivity index (χ3v) is 4.46. The first-order valence-electron chi connectivity index (χ1n) is 6.89. The maximum absolute atomic E-state index is 5.60. The zero-order valence-corrected chi connectivity index (χ0v) is 10.3. The number of rotatable bonds is 4. The summed E-state index contributed by atoms with van der Waals surface area (Å²) in [6, 6.07) is 2.31. The molecule has 3 fully saturated rings. The zero-order chi connectivity index (χ0) is 11.0. The second-order valence-electron chi connectivity index (χ2n) is 5.69. The summed E-state index contributed by atoms with van der Waals surface area (Å²) in [5, 5.41) is 3.76. The lowest BCUT2D eigenvalue weighted by Crippen LogP contribution is -2.42. The van der Waals surface area contributed by atoms with Crippen LogP contribution in [0.15, 0.2) is 0 Å². The molecule has 92 valence electrons. The number of methoxy groups -OCH3 is 1. The number of hydrogen-bond acceptors (Lipinski definition) is 3. The maximum Gasteiger partial charge on any atom is 0.0726 e. The summed E-state index contributed by atoms with van der Waals surface area (Å²) in [5.74, 6) is 0. The molecule has 3 nitrogen and oxygen atoms in total. The maximum atomic E-state index is 5.60. The average Bonchev–Trinajstić information content (AvgIpc) is 2.82. The fraction of sp³-hybridized carbons (Fsp3) is 1.00. The van der Waals surface area contributed by atoms with Crippen molar-refractivity contribution in [1.82, 2.24) is 10.2 Å². The third-order valence-electron chi connectivity index (χ3n) is 4.46. The molecular weight excluding hydrogens is 200 g/mol. The Morgan fingerprint density at radius 2 is 1.94 bits per heavy atom. The van der Waals surface area contributed by atoms with Gasteiger partial charge in [-0.25, -0.2) is 0 Å². The van der Waals surface area contributed by atoms with Gasteiger partial charge >= 0.3 is 0 Å². The van der Waals surface area contributed by atoms with E-state index in [9.17, 15) is 0 Å². The van der Waals surface area contributed by atoms with Crippen molar-refractivity contribution in [2.75, 3.05) is 20.2 Å². The zero-order valence-electron chi connectivity index (χ0n) is 10.3. The summed E-state index contributed by atoms with van der Waals surface area (Å²) in [6.45, 7) is 2.52. The molecule has 2 saturated carbocycles. The minimum Gasteiger partial charge on any atom is -0.380 e. The van der Waals surface area contributed by atoms with E-state index >= 15 is 0 Å². The van der Waals surface area contributed by atoms with Crippen molar-refractivity contribution in [1.29, 1.82) is 0 Å². The van der Waals surface area contributed by atoms with Gasteiger partial charge in [-0.15, -0.1) is 0 Å². The van der Waals surface area contributed by atoms with Crippen LogP contribution in [0, 0.1) is 0 Å². The predicted molar refractivity (Wildman–Crippen MR) is 64.6 cm³/mol. The molecule has 1 aliphatic heterocycles. The Labute approximate surface area is 98.5 Å². The van der Waals surface area contributed by atoms with Crippen LogP contribution in [0.5, 0.6) is 0 Å². The molecule has 2 aliphatic carbocycles. The summed E-state index contributed by atoms with van der Waals surface area (Å²) >= 11 is 0. The lowest BCUT2D eigenvalue weighted by Gasteiger charge is -2.28. The highest BCUT2D eigenvalue weighted by Gasteiger charge is 2.37. The van der Waals surface area contributed by atoms with Crippen LogP contribution in [0.1, 0.15) is 38.5 Å². The number of nitrogens with zero attached hydrogens (tertiary/aromatic N) is 1. The monoisotopic (exact) mass is 224 g/mol. The van der Waals surface area contributed by atoms with Crippen LogP contribution < -0.4 is 5.32 Å². The molecule has 0 aromatic rings. The molecule has 1 heterocycles. The van der Waals surface area contributed by atoms with Crippen LogP contribution in [0.2, 0.25) is 0 Å². The van der Waals surface area contributed by atoms with E-state index in [1.54, 1.807) is 0 Å². The van der Waals surface area contributed by atoms with Crippen LogP contribution >= 0.6 is 0 Å². The minimum atomic E-state index is 0.500. The first kappa shape index (κ1) is 11.0. The van der Waals surface area contributed by atoms with Gasteiger partial charge in [-0.2, -0.15) is 0 Å². The number of likely N-dealkylation sites (tertiary alicyclic amines) is 1. The highest BCUT2D eigenvalue weighted by atomic mass is 16.5. The second-order valence-corrected chi connectivity index (χ2v) is 5.69. The molecule has 0 aromatic carbocycles. The predicted octanol–water partition coefficient (Wildman–Crippen LogP) is 1.38. The smallest absolute Gasteiger partial charge is 0.0726 e. The van der Waals surface area contributed by atoms with E-state index < -0.39 is 0 Å². The first-order valence-corrected chi connectivity index (χ1v) is 6.89. The molecule has 0 radical (unpaired) electrons. The van der Waals surface area contributed by atoms with E-state index in [0.717, 1.165) is 12.1 Å². The molecule has 3 heteroatoms. The van der Waals surface area contributed by atoms with Crippen LogP contribution in [-0.2, 0) is 4.74 Å². The summed E-state index contributed by atoms with van der Waals surface area (Å²) in [5.41, 5.74) is 0. The van der Waals surface area contributed by atoms with E-state index in [1.165, 1.54) is 51.6 Å². The van der Waals surface area contributed by atoms with Gasteiger partial charge in [0.05, 0.1) is 6.10 Å². The molecule has 0 bridgehead atoms. The Balaban J connectivity index is 1.51. The van der Waals surface area contributed by atoms with Gasteiger partial charge in [0, 0.05) is 38.3 Å². The molecule has 3 rings (SSSR count). The number of hydrogen-bond donors (Lipinski definition) is 1. The normalized spacial score (nSPS) is 40.7. The first-order chi connectivity index (χ1) is 7.86. The topological polar surface area (TPSA) is 24.5 Å². The van der Waals surface area contributed by atoms with E-state index in [4.69, 9.17) is 4.74 Å². The Morgan fingerprint density at radius 1 is 1.06 bits per heavy atom. The lowest BCUT2D eigenvalue weighted by molar-refractivity contribution is 0.0415. The largest absolute Gasteiger partial charge is 0.380 e. The van der Waals surface area contributed by atoms with Crippen molar-refractivity contribution >= 4 is 0 Å². The Kier molecular flexibility index (Phi) is 3.18. The van der Waals surface area contributed by atoms with Gasteiger partial charge in [0.25, 0.3) is 0 Å². The van der Waals surface area contributed by atoms with Gasteiger partial charge in [0.1, 0.15) is 0 Å². The molecule has 0 spiro atoms. The lowest BCUT2D eigenvalue weighted by atomic mass is 10.2. The number of ether oxygens (including phenoxy) is 1. The fourth-order valence-electron chi connectivity index (χ4n) is 3.41. The molecule has 0 aromatic heterocycles. The van der Waals surface area contributed by atoms with Gasteiger partial charge in [-0.3, -0.25) is 4.90 Å². The average molecular weight is 224 g/mol. The summed E-state index contributed by atoms with van der Waals surface area (Å²) in [4.78, 5) is 2.67. The van der Waals surface area contributed by atoms with Crippen molar-refractivity contribution in [3.8, 4) is 0 Å². The minimum absolute atomic E-state index is 0.500.